The van der Waals surface area contributed by atoms with E-state index in [4.69, 9.17) is 0 Å². The second-order valence-corrected chi connectivity index (χ2v) is 4.94. The fourth-order valence-electron chi connectivity index (χ4n) is 1.35. The van der Waals surface area contributed by atoms with E-state index in [1.54, 1.807) is 6.20 Å². The van der Waals surface area contributed by atoms with E-state index in [0.717, 1.165) is 11.5 Å². The Hall–Kier alpha value is -1.55. The van der Waals surface area contributed by atoms with E-state index >= 15 is 0 Å². The van der Waals surface area contributed by atoms with Crippen LogP contribution in [0.25, 0.3) is 0 Å². The van der Waals surface area contributed by atoms with Crippen LogP contribution in [-0.4, -0.2) is 30.8 Å². The molecule has 0 radical (unpaired) electrons. The maximum absolute atomic E-state index is 10.7. The van der Waals surface area contributed by atoms with Gasteiger partial charge in [-0.1, -0.05) is 4.49 Å². The van der Waals surface area contributed by atoms with Gasteiger partial charge in [0.2, 0.25) is 0 Å². The van der Waals surface area contributed by atoms with Crippen LogP contribution in [0.3, 0.4) is 0 Å². The summed E-state index contributed by atoms with van der Waals surface area (Å²) in [5, 5.41) is 22.5. The number of nitro groups is 1. The monoisotopic (exact) mass is 332 g/mol. The maximum Gasteiger partial charge on any atom is 0.404 e. The molecule has 2 aromatic rings. The first-order chi connectivity index (χ1) is 8.61. The highest BCUT2D eigenvalue weighted by Crippen LogP contribution is 2.24. The van der Waals surface area contributed by atoms with Crippen molar-refractivity contribution in [3.05, 3.63) is 26.5 Å². The Bertz CT molecular complexity index is 568. The lowest BCUT2D eigenvalue weighted by molar-refractivity contribution is -0.390. The van der Waals surface area contributed by atoms with Gasteiger partial charge in [-0.3, -0.25) is 0 Å². The Morgan fingerprint density at radius 1 is 1.67 bits per heavy atom. The minimum Gasteiger partial charge on any atom is -0.374 e. The van der Waals surface area contributed by atoms with Crippen molar-refractivity contribution in [2.75, 3.05) is 11.9 Å². The number of nitrogens with zero attached hydrogens (tertiary/aromatic N) is 5. The molecule has 0 spiro atoms. The van der Waals surface area contributed by atoms with Crippen LogP contribution >= 0.6 is 27.5 Å². The molecule has 2 heterocycles. The highest BCUT2D eigenvalue weighted by molar-refractivity contribution is 9.10. The minimum atomic E-state index is -0.537. The third-order valence-corrected chi connectivity index (χ3v) is 3.36. The molecule has 8 nitrogen and oxygen atoms in total. The molecule has 2 aromatic heterocycles. The summed E-state index contributed by atoms with van der Waals surface area (Å²) in [6.07, 6.45) is 1.55. The largest absolute Gasteiger partial charge is 0.404 e. The molecule has 0 saturated carbocycles. The topological polar surface area (TPSA) is 98.8 Å². The van der Waals surface area contributed by atoms with Crippen LogP contribution in [-0.2, 0) is 6.54 Å². The molecule has 1 N–H and O–H groups in total. The molecule has 10 heteroatoms. The minimum absolute atomic E-state index is 0.205. The van der Waals surface area contributed by atoms with E-state index in [-0.39, 0.29) is 5.82 Å². The van der Waals surface area contributed by atoms with Gasteiger partial charge in [0.15, 0.2) is 0 Å². The van der Waals surface area contributed by atoms with Crippen molar-refractivity contribution >= 4 is 38.3 Å². The first-order valence-corrected chi connectivity index (χ1v) is 6.61. The lowest BCUT2D eigenvalue weighted by atomic mass is 10.4. The summed E-state index contributed by atoms with van der Waals surface area (Å²) in [5.41, 5.74) is 0.715. The molecule has 18 heavy (non-hydrogen) atoms. The predicted molar refractivity (Wildman–Crippen MR) is 69.8 cm³/mol. The fourth-order valence-corrected chi connectivity index (χ4v) is 2.45. The summed E-state index contributed by atoms with van der Waals surface area (Å²) in [6, 6.07) is 0. The zero-order valence-corrected chi connectivity index (χ0v) is 11.7. The molecular weight excluding hydrogens is 324 g/mol. The van der Waals surface area contributed by atoms with E-state index in [2.05, 4.69) is 35.9 Å². The maximum atomic E-state index is 10.7. The number of hydrogen-bond donors (Lipinski definition) is 1. The predicted octanol–water partition coefficient (Wildman–Crippen LogP) is 1.89. The lowest BCUT2D eigenvalue weighted by Gasteiger charge is -1.99. The van der Waals surface area contributed by atoms with Gasteiger partial charge in [0.25, 0.3) is 0 Å². The number of nitrogens with one attached hydrogen (secondary N) is 1. The second kappa shape index (κ2) is 5.40. The van der Waals surface area contributed by atoms with Crippen molar-refractivity contribution in [2.24, 2.45) is 0 Å². The first kappa shape index (κ1) is 12.9. The van der Waals surface area contributed by atoms with Crippen LogP contribution in [0.5, 0.6) is 0 Å². The molecule has 0 aliphatic heterocycles. The Morgan fingerprint density at radius 2 is 2.44 bits per heavy atom. The average molecular weight is 333 g/mol. The molecule has 0 bridgehead atoms. The number of hydrogen-bond acceptors (Lipinski definition) is 7. The average Bonchev–Trinajstić information content (AvgIpc) is 2.87. The highest BCUT2D eigenvalue weighted by Gasteiger charge is 2.20. The van der Waals surface area contributed by atoms with Gasteiger partial charge < -0.3 is 15.4 Å². The van der Waals surface area contributed by atoms with E-state index in [1.807, 2.05) is 6.92 Å². The normalized spacial score (nSPS) is 10.6. The van der Waals surface area contributed by atoms with Gasteiger partial charge >= 0.3 is 5.82 Å². The molecular formula is C8H9BrN6O2S. The highest BCUT2D eigenvalue weighted by atomic mass is 79.9. The molecule has 0 aliphatic rings. The van der Waals surface area contributed by atoms with Gasteiger partial charge in [0.1, 0.15) is 21.7 Å². The van der Waals surface area contributed by atoms with Crippen LogP contribution in [0, 0.1) is 10.1 Å². The third-order valence-electron chi connectivity index (χ3n) is 2.08. The van der Waals surface area contributed by atoms with Gasteiger partial charge in [-0.2, -0.15) is 4.68 Å². The molecule has 0 unspecified atom stereocenters. The summed E-state index contributed by atoms with van der Waals surface area (Å²) in [6.45, 7) is 3.07. The van der Waals surface area contributed by atoms with Crippen molar-refractivity contribution < 1.29 is 4.92 Å². The first-order valence-electron chi connectivity index (χ1n) is 5.04. The van der Waals surface area contributed by atoms with E-state index in [9.17, 15) is 10.1 Å². The Morgan fingerprint density at radius 3 is 3.06 bits per heavy atom. The molecule has 0 amide bonds. The Labute approximate surface area is 114 Å². The van der Waals surface area contributed by atoms with Gasteiger partial charge in [-0.25, -0.2) is 0 Å². The number of anilines is 1. The summed E-state index contributed by atoms with van der Waals surface area (Å²) < 4.78 is 5.65. The molecule has 0 fully saturated rings. The van der Waals surface area contributed by atoms with Gasteiger partial charge in [-0.15, -0.1) is 5.10 Å². The van der Waals surface area contributed by atoms with Crippen molar-refractivity contribution in [3.8, 4) is 0 Å². The summed E-state index contributed by atoms with van der Waals surface area (Å²) in [7, 11) is 0. The van der Waals surface area contributed by atoms with Gasteiger partial charge in [-0.05, 0) is 27.8 Å². The summed E-state index contributed by atoms with van der Waals surface area (Å²) >= 11 is 4.35. The van der Waals surface area contributed by atoms with E-state index in [1.165, 1.54) is 16.2 Å². The quantitative estimate of drug-likeness (QED) is 0.663. The molecule has 96 valence electrons. The van der Waals surface area contributed by atoms with Crippen molar-refractivity contribution in [1.82, 2.24) is 19.4 Å². The van der Waals surface area contributed by atoms with Crippen molar-refractivity contribution in [2.45, 2.75) is 13.5 Å². The van der Waals surface area contributed by atoms with Crippen molar-refractivity contribution in [1.29, 1.82) is 0 Å². The Kier molecular flexibility index (Phi) is 3.87. The summed E-state index contributed by atoms with van der Waals surface area (Å²) in [5.74, 6) is -0.205. The van der Waals surface area contributed by atoms with Crippen LogP contribution < -0.4 is 5.32 Å². The molecule has 0 aliphatic carbocycles. The third kappa shape index (κ3) is 2.64. The molecule has 0 saturated heterocycles. The number of rotatable bonds is 5. The molecule has 2 rings (SSSR count). The van der Waals surface area contributed by atoms with Crippen LogP contribution in [0.15, 0.2) is 10.7 Å². The smallest absolute Gasteiger partial charge is 0.374 e. The van der Waals surface area contributed by atoms with Crippen LogP contribution in [0.1, 0.15) is 12.6 Å². The number of halogens is 1. The Balaban J connectivity index is 2.21. The van der Waals surface area contributed by atoms with Crippen LogP contribution in [0.4, 0.5) is 10.8 Å². The number of aromatic nitrogens is 4. The molecule has 0 atom stereocenters. The van der Waals surface area contributed by atoms with E-state index < -0.39 is 4.92 Å². The summed E-state index contributed by atoms with van der Waals surface area (Å²) in [4.78, 5) is 10.1. The zero-order chi connectivity index (χ0) is 13.1. The van der Waals surface area contributed by atoms with E-state index in [0.29, 0.717) is 16.7 Å². The lowest BCUT2D eigenvalue weighted by Crippen LogP contribution is -2.05. The fraction of sp³-hybridized carbons (Fsp3) is 0.375. The van der Waals surface area contributed by atoms with Gasteiger partial charge in [0.05, 0.1) is 11.3 Å². The SMILES string of the molecule is CCNc1snnc1Cn1cc(Br)c([N+](=O)[O-])n1. The zero-order valence-electron chi connectivity index (χ0n) is 9.33. The second-order valence-electron chi connectivity index (χ2n) is 3.33. The van der Waals surface area contributed by atoms with Crippen LogP contribution in [0.2, 0.25) is 0 Å². The molecule has 0 aromatic carbocycles. The van der Waals surface area contributed by atoms with Crippen molar-refractivity contribution in [3.63, 3.8) is 0 Å². The standard InChI is InChI=1S/C8H9BrN6O2S/c1-2-10-8-6(11-13-18-8)4-14-3-5(9)7(12-14)15(16)17/h3,10H,2,4H2,1H3. The van der Waals surface area contributed by atoms with Gasteiger partial charge in [0, 0.05) is 18.1 Å².